The van der Waals surface area contributed by atoms with Gasteiger partial charge in [0.05, 0.1) is 17.3 Å². The number of nitrogens with one attached hydrogen (secondary N) is 1. The van der Waals surface area contributed by atoms with Crippen molar-refractivity contribution < 1.29 is 0 Å². The zero-order valence-corrected chi connectivity index (χ0v) is 16.0. The smallest absolute Gasteiger partial charge is 0.194 e. The summed E-state index contributed by atoms with van der Waals surface area (Å²) in [4.78, 5) is 6.45. The van der Waals surface area contributed by atoms with Crippen LogP contribution in [0.25, 0.3) is 5.69 Å². The van der Waals surface area contributed by atoms with Crippen molar-refractivity contribution in [1.29, 1.82) is 0 Å². The van der Waals surface area contributed by atoms with Crippen LogP contribution in [0.3, 0.4) is 0 Å². The number of aromatic nitrogens is 3. The molecule has 2 heterocycles. The molecule has 0 saturated heterocycles. The quantitative estimate of drug-likeness (QED) is 0.554. The summed E-state index contributed by atoms with van der Waals surface area (Å²) in [6.07, 6.45) is 5.61. The van der Waals surface area contributed by atoms with E-state index in [1.54, 1.807) is 13.2 Å². The van der Waals surface area contributed by atoms with Crippen LogP contribution in [0.5, 0.6) is 0 Å². The fraction of sp³-hybridized carbons (Fsp3) is 0.263. The second-order valence-electron chi connectivity index (χ2n) is 6.14. The van der Waals surface area contributed by atoms with Crippen molar-refractivity contribution in [2.75, 3.05) is 14.1 Å². The molecule has 6 nitrogen and oxygen atoms in total. The minimum atomic E-state index is 0.681. The van der Waals surface area contributed by atoms with E-state index in [-0.39, 0.29) is 0 Å². The Balaban J connectivity index is 1.64. The van der Waals surface area contributed by atoms with Gasteiger partial charge in [-0.25, -0.2) is 4.68 Å². The molecule has 0 spiro atoms. The summed E-state index contributed by atoms with van der Waals surface area (Å²) in [5.41, 5.74) is 3.33. The van der Waals surface area contributed by atoms with Crippen LogP contribution in [0.2, 0.25) is 5.02 Å². The first-order chi connectivity index (χ1) is 12.6. The van der Waals surface area contributed by atoms with Crippen molar-refractivity contribution in [2.24, 2.45) is 12.0 Å². The predicted molar refractivity (Wildman–Crippen MR) is 106 cm³/mol. The highest BCUT2D eigenvalue weighted by Gasteiger charge is 2.10. The van der Waals surface area contributed by atoms with Crippen LogP contribution in [0, 0.1) is 0 Å². The summed E-state index contributed by atoms with van der Waals surface area (Å²) >= 11 is 6.07. The molecule has 0 atom stereocenters. The number of nitrogens with zero attached hydrogens (tertiary/aromatic N) is 5. The molecular formula is C19H23ClN6. The fourth-order valence-corrected chi connectivity index (χ4v) is 3.11. The molecule has 0 aliphatic rings. The molecule has 0 saturated carbocycles. The van der Waals surface area contributed by atoms with Gasteiger partial charge in [0.1, 0.15) is 0 Å². The normalized spacial score (nSPS) is 11.6. The zero-order valence-electron chi connectivity index (χ0n) is 15.2. The molecule has 3 rings (SSSR count). The van der Waals surface area contributed by atoms with Gasteiger partial charge in [0.15, 0.2) is 5.96 Å². The summed E-state index contributed by atoms with van der Waals surface area (Å²) in [5, 5.41) is 8.43. The van der Waals surface area contributed by atoms with Crippen molar-refractivity contribution >= 4 is 17.6 Å². The Morgan fingerprint density at radius 3 is 2.81 bits per heavy atom. The second-order valence-corrected chi connectivity index (χ2v) is 6.57. The van der Waals surface area contributed by atoms with Crippen molar-refractivity contribution in [1.82, 2.24) is 24.6 Å². The van der Waals surface area contributed by atoms with Gasteiger partial charge in [-0.1, -0.05) is 23.7 Å². The molecule has 1 N–H and O–H groups in total. The number of aliphatic imine (C=N–C) groups is 1. The number of guanidine groups is 1. The number of aryl methyl sites for hydroxylation is 1. The van der Waals surface area contributed by atoms with Gasteiger partial charge in [-0.3, -0.25) is 4.99 Å². The average Bonchev–Trinajstić information content (AvgIpc) is 3.26. The largest absolute Gasteiger partial charge is 0.352 e. The van der Waals surface area contributed by atoms with Gasteiger partial charge in [-0.15, -0.1) is 0 Å². The van der Waals surface area contributed by atoms with E-state index in [0.717, 1.165) is 34.5 Å². The van der Waals surface area contributed by atoms with Gasteiger partial charge in [-0.2, -0.15) is 5.10 Å². The number of hydrogen-bond donors (Lipinski definition) is 1. The van der Waals surface area contributed by atoms with Crippen LogP contribution in [0.4, 0.5) is 0 Å². The zero-order chi connectivity index (χ0) is 18.5. The SMILES string of the molecule is CN=C(NCc1cccc(-n2cccn2)c1)N(C)Cc1cc(Cl)cn1C. The van der Waals surface area contributed by atoms with E-state index >= 15 is 0 Å². The van der Waals surface area contributed by atoms with Crippen molar-refractivity contribution in [3.63, 3.8) is 0 Å². The molecule has 0 radical (unpaired) electrons. The van der Waals surface area contributed by atoms with Gasteiger partial charge in [-0.05, 0) is 29.8 Å². The Hall–Kier alpha value is -2.73. The lowest BCUT2D eigenvalue weighted by Gasteiger charge is -2.22. The third-order valence-corrected chi connectivity index (χ3v) is 4.38. The molecule has 0 bridgehead atoms. The predicted octanol–water partition coefficient (Wildman–Crippen LogP) is 3.07. The van der Waals surface area contributed by atoms with Gasteiger partial charge in [0.2, 0.25) is 0 Å². The molecule has 136 valence electrons. The first-order valence-corrected chi connectivity index (χ1v) is 8.76. The van der Waals surface area contributed by atoms with Crippen molar-refractivity contribution in [3.8, 4) is 5.69 Å². The van der Waals surface area contributed by atoms with Crippen molar-refractivity contribution in [2.45, 2.75) is 13.1 Å². The van der Waals surface area contributed by atoms with Crippen LogP contribution in [0.15, 0.2) is 60.0 Å². The van der Waals surface area contributed by atoms with Crippen LogP contribution in [0.1, 0.15) is 11.3 Å². The highest BCUT2D eigenvalue weighted by molar-refractivity contribution is 6.30. The van der Waals surface area contributed by atoms with Gasteiger partial charge < -0.3 is 14.8 Å². The minimum Gasteiger partial charge on any atom is -0.352 e. The second kappa shape index (κ2) is 8.10. The molecule has 7 heteroatoms. The molecule has 2 aromatic heterocycles. The van der Waals surface area contributed by atoms with E-state index < -0.39 is 0 Å². The van der Waals surface area contributed by atoms with Crippen LogP contribution >= 0.6 is 11.6 Å². The lowest BCUT2D eigenvalue weighted by atomic mass is 10.2. The fourth-order valence-electron chi connectivity index (χ4n) is 2.84. The van der Waals surface area contributed by atoms with E-state index in [1.807, 2.05) is 60.0 Å². The molecule has 3 aromatic rings. The highest BCUT2D eigenvalue weighted by atomic mass is 35.5. The first kappa shape index (κ1) is 18.1. The Labute approximate surface area is 158 Å². The van der Waals surface area contributed by atoms with Crippen molar-refractivity contribution in [3.05, 3.63) is 71.3 Å². The van der Waals surface area contributed by atoms with Crippen LogP contribution in [-0.4, -0.2) is 39.3 Å². The lowest BCUT2D eigenvalue weighted by molar-refractivity contribution is 0.461. The van der Waals surface area contributed by atoms with Crippen LogP contribution < -0.4 is 5.32 Å². The Kier molecular flexibility index (Phi) is 5.63. The Bertz CT molecular complexity index is 881. The molecule has 0 unspecified atom stereocenters. The van der Waals surface area contributed by atoms with E-state index in [0.29, 0.717) is 6.54 Å². The lowest BCUT2D eigenvalue weighted by Crippen LogP contribution is -2.38. The Morgan fingerprint density at radius 2 is 2.15 bits per heavy atom. The standard InChI is InChI=1S/C19H23ClN6/c1-21-19(25(3)14-18-11-16(20)13-24(18)2)22-12-15-6-4-7-17(10-15)26-9-5-8-23-26/h4-11,13H,12,14H2,1-3H3,(H,21,22). The number of rotatable bonds is 5. The monoisotopic (exact) mass is 370 g/mol. The minimum absolute atomic E-state index is 0.681. The molecule has 0 amide bonds. The summed E-state index contributed by atoms with van der Waals surface area (Å²) in [6, 6.07) is 12.2. The van der Waals surface area contributed by atoms with Crippen LogP contribution in [-0.2, 0) is 20.1 Å². The third kappa shape index (κ3) is 4.26. The van der Waals surface area contributed by atoms with E-state index in [2.05, 4.69) is 32.4 Å². The number of benzene rings is 1. The number of hydrogen-bond acceptors (Lipinski definition) is 2. The van der Waals surface area contributed by atoms with Gasteiger partial charge in [0, 0.05) is 52.0 Å². The summed E-state index contributed by atoms with van der Waals surface area (Å²) in [5.74, 6) is 0.826. The molecule has 0 aliphatic heterocycles. The Morgan fingerprint density at radius 1 is 1.31 bits per heavy atom. The molecule has 0 fully saturated rings. The van der Waals surface area contributed by atoms with E-state index in [1.165, 1.54) is 0 Å². The molecular weight excluding hydrogens is 348 g/mol. The molecule has 1 aromatic carbocycles. The maximum absolute atomic E-state index is 6.07. The summed E-state index contributed by atoms with van der Waals surface area (Å²) in [7, 11) is 5.79. The highest BCUT2D eigenvalue weighted by Crippen LogP contribution is 2.14. The molecule has 0 aliphatic carbocycles. The summed E-state index contributed by atoms with van der Waals surface area (Å²) in [6.45, 7) is 1.40. The van der Waals surface area contributed by atoms with E-state index in [4.69, 9.17) is 11.6 Å². The summed E-state index contributed by atoms with van der Waals surface area (Å²) < 4.78 is 3.88. The maximum atomic E-state index is 6.07. The molecule has 26 heavy (non-hydrogen) atoms. The average molecular weight is 371 g/mol. The van der Waals surface area contributed by atoms with Gasteiger partial charge >= 0.3 is 0 Å². The first-order valence-electron chi connectivity index (χ1n) is 8.38. The topological polar surface area (TPSA) is 50.4 Å². The van der Waals surface area contributed by atoms with Gasteiger partial charge in [0.25, 0.3) is 0 Å². The van der Waals surface area contributed by atoms with E-state index in [9.17, 15) is 0 Å². The third-order valence-electron chi connectivity index (χ3n) is 4.18. The number of halogens is 1. The maximum Gasteiger partial charge on any atom is 0.194 e.